The third kappa shape index (κ3) is 2.24. The summed E-state index contributed by atoms with van der Waals surface area (Å²) in [4.78, 5) is 6.76. The van der Waals surface area contributed by atoms with E-state index in [1.54, 1.807) is 6.20 Å². The summed E-state index contributed by atoms with van der Waals surface area (Å²) < 4.78 is 3.12. The SMILES string of the molecule is C[C@@H]1CN(c2nnc3cnc4ccc(Br)cc4n23)C[C@H](C)N1. The van der Waals surface area contributed by atoms with Gasteiger partial charge in [-0.3, -0.25) is 9.38 Å². The van der Waals surface area contributed by atoms with Gasteiger partial charge in [0.15, 0.2) is 5.65 Å². The number of piperazine rings is 1. The molecule has 3 heterocycles. The maximum Gasteiger partial charge on any atom is 0.232 e. The van der Waals surface area contributed by atoms with Crippen LogP contribution in [0.3, 0.4) is 0 Å². The Morgan fingerprint density at radius 1 is 1.18 bits per heavy atom. The van der Waals surface area contributed by atoms with Gasteiger partial charge < -0.3 is 10.2 Å². The molecule has 4 rings (SSSR count). The van der Waals surface area contributed by atoms with Crippen LogP contribution in [-0.4, -0.2) is 44.8 Å². The number of benzene rings is 1. The van der Waals surface area contributed by atoms with Crippen LogP contribution in [-0.2, 0) is 0 Å². The molecule has 0 spiro atoms. The van der Waals surface area contributed by atoms with Crippen molar-refractivity contribution in [2.45, 2.75) is 25.9 Å². The van der Waals surface area contributed by atoms with Crippen molar-refractivity contribution in [2.75, 3.05) is 18.0 Å². The minimum Gasteiger partial charge on any atom is -0.338 e. The van der Waals surface area contributed by atoms with Crippen LogP contribution >= 0.6 is 15.9 Å². The first-order valence-corrected chi connectivity index (χ1v) is 8.21. The number of nitrogens with zero attached hydrogens (tertiary/aromatic N) is 5. The monoisotopic (exact) mass is 360 g/mol. The molecule has 0 amide bonds. The average molecular weight is 361 g/mol. The summed E-state index contributed by atoms with van der Waals surface area (Å²) in [5.74, 6) is 0.890. The summed E-state index contributed by atoms with van der Waals surface area (Å²) in [6, 6.07) is 6.93. The molecule has 2 aromatic heterocycles. The number of nitrogens with one attached hydrogen (secondary N) is 1. The molecule has 1 aromatic carbocycles. The van der Waals surface area contributed by atoms with Gasteiger partial charge in [0.2, 0.25) is 5.95 Å². The highest BCUT2D eigenvalue weighted by Crippen LogP contribution is 2.24. The van der Waals surface area contributed by atoms with Gasteiger partial charge >= 0.3 is 0 Å². The molecule has 6 nitrogen and oxygen atoms in total. The number of hydrogen-bond acceptors (Lipinski definition) is 5. The zero-order chi connectivity index (χ0) is 15.3. The van der Waals surface area contributed by atoms with E-state index < -0.39 is 0 Å². The molecule has 3 aromatic rings. The summed E-state index contributed by atoms with van der Waals surface area (Å²) in [6.07, 6.45) is 1.78. The van der Waals surface area contributed by atoms with Crippen LogP contribution < -0.4 is 10.2 Å². The summed E-state index contributed by atoms with van der Waals surface area (Å²) in [6.45, 7) is 6.23. The van der Waals surface area contributed by atoms with Gasteiger partial charge in [-0.15, -0.1) is 10.2 Å². The van der Waals surface area contributed by atoms with Crippen molar-refractivity contribution < 1.29 is 0 Å². The second-order valence-corrected chi connectivity index (χ2v) is 6.87. The first-order chi connectivity index (χ1) is 10.6. The van der Waals surface area contributed by atoms with E-state index in [0.717, 1.165) is 40.2 Å². The van der Waals surface area contributed by atoms with Crippen LogP contribution in [0.2, 0.25) is 0 Å². The molecule has 1 fully saturated rings. The normalized spacial score (nSPS) is 22.6. The zero-order valence-corrected chi connectivity index (χ0v) is 14.1. The molecule has 0 unspecified atom stereocenters. The van der Waals surface area contributed by atoms with E-state index in [1.807, 2.05) is 12.1 Å². The second-order valence-electron chi connectivity index (χ2n) is 5.96. The predicted molar refractivity (Wildman–Crippen MR) is 90.3 cm³/mol. The fraction of sp³-hybridized carbons (Fsp3) is 0.400. The Morgan fingerprint density at radius 3 is 2.73 bits per heavy atom. The van der Waals surface area contributed by atoms with Crippen molar-refractivity contribution in [3.63, 3.8) is 0 Å². The highest BCUT2D eigenvalue weighted by atomic mass is 79.9. The highest BCUT2D eigenvalue weighted by molar-refractivity contribution is 9.10. The van der Waals surface area contributed by atoms with Gasteiger partial charge in [-0.25, -0.2) is 0 Å². The first-order valence-electron chi connectivity index (χ1n) is 7.42. The fourth-order valence-corrected chi connectivity index (χ4v) is 3.56. The van der Waals surface area contributed by atoms with Crippen LogP contribution in [0, 0.1) is 0 Å². The standard InChI is InChI=1S/C15H17BrN6/c1-9-7-21(8-10(2)18-9)15-20-19-14-6-17-12-4-3-11(16)5-13(12)22(14)15/h3-6,9-10,18H,7-8H2,1-2H3/t9-,10+. The van der Waals surface area contributed by atoms with Crippen LogP contribution in [0.5, 0.6) is 0 Å². The molecule has 1 saturated heterocycles. The summed E-state index contributed by atoms with van der Waals surface area (Å²) in [7, 11) is 0. The number of hydrogen-bond donors (Lipinski definition) is 1. The molecular formula is C15H17BrN6. The van der Waals surface area contributed by atoms with Crippen LogP contribution in [0.15, 0.2) is 28.9 Å². The van der Waals surface area contributed by atoms with Crippen LogP contribution in [0.4, 0.5) is 5.95 Å². The topological polar surface area (TPSA) is 58.4 Å². The minimum absolute atomic E-state index is 0.427. The van der Waals surface area contributed by atoms with Crippen molar-refractivity contribution >= 4 is 38.6 Å². The number of halogens is 1. The summed E-state index contributed by atoms with van der Waals surface area (Å²) in [5, 5.41) is 12.3. The van der Waals surface area contributed by atoms with Gasteiger partial charge in [-0.2, -0.15) is 0 Å². The second kappa shape index (κ2) is 5.17. The first kappa shape index (κ1) is 13.9. The smallest absolute Gasteiger partial charge is 0.232 e. The zero-order valence-electron chi connectivity index (χ0n) is 12.5. The van der Waals surface area contributed by atoms with Gasteiger partial charge in [0, 0.05) is 29.6 Å². The van der Waals surface area contributed by atoms with Gasteiger partial charge in [0.05, 0.1) is 17.2 Å². The van der Waals surface area contributed by atoms with Crippen molar-refractivity contribution in [2.24, 2.45) is 0 Å². The summed E-state index contributed by atoms with van der Waals surface area (Å²) >= 11 is 3.54. The third-order valence-electron chi connectivity index (χ3n) is 4.01. The van der Waals surface area contributed by atoms with E-state index in [2.05, 4.69) is 65.6 Å². The van der Waals surface area contributed by atoms with Crippen molar-refractivity contribution in [3.8, 4) is 0 Å². The predicted octanol–water partition coefficient (Wildman–Crippen LogP) is 2.23. The highest BCUT2D eigenvalue weighted by Gasteiger charge is 2.25. The molecule has 7 heteroatoms. The van der Waals surface area contributed by atoms with E-state index >= 15 is 0 Å². The Kier molecular flexibility index (Phi) is 3.27. The maximum absolute atomic E-state index is 4.46. The van der Waals surface area contributed by atoms with Crippen molar-refractivity contribution in [1.29, 1.82) is 0 Å². The molecule has 114 valence electrons. The van der Waals surface area contributed by atoms with E-state index in [4.69, 9.17) is 0 Å². The largest absolute Gasteiger partial charge is 0.338 e. The lowest BCUT2D eigenvalue weighted by atomic mass is 10.1. The van der Waals surface area contributed by atoms with E-state index in [-0.39, 0.29) is 0 Å². The van der Waals surface area contributed by atoms with Crippen LogP contribution in [0.25, 0.3) is 16.7 Å². The van der Waals surface area contributed by atoms with Crippen LogP contribution in [0.1, 0.15) is 13.8 Å². The number of aromatic nitrogens is 4. The molecule has 0 bridgehead atoms. The lowest BCUT2D eigenvalue weighted by Crippen LogP contribution is -2.54. The third-order valence-corrected chi connectivity index (χ3v) is 4.50. The van der Waals surface area contributed by atoms with Gasteiger partial charge in [0.1, 0.15) is 0 Å². The minimum atomic E-state index is 0.427. The molecular weight excluding hydrogens is 344 g/mol. The molecule has 1 aliphatic rings. The Bertz CT molecular complexity index is 835. The summed E-state index contributed by atoms with van der Waals surface area (Å²) in [5.41, 5.74) is 2.73. The molecule has 2 atom stereocenters. The van der Waals surface area contributed by atoms with E-state index in [0.29, 0.717) is 12.1 Å². The molecule has 22 heavy (non-hydrogen) atoms. The van der Waals surface area contributed by atoms with Gasteiger partial charge in [-0.1, -0.05) is 15.9 Å². The Balaban J connectivity index is 1.92. The Hall–Kier alpha value is -1.73. The van der Waals surface area contributed by atoms with Gasteiger partial charge in [0.25, 0.3) is 0 Å². The number of fused-ring (bicyclic) bond motifs is 3. The lowest BCUT2D eigenvalue weighted by molar-refractivity contribution is 0.403. The number of anilines is 1. The van der Waals surface area contributed by atoms with Gasteiger partial charge in [-0.05, 0) is 32.0 Å². The molecule has 0 saturated carbocycles. The quantitative estimate of drug-likeness (QED) is 0.720. The Labute approximate surface area is 136 Å². The Morgan fingerprint density at radius 2 is 1.95 bits per heavy atom. The van der Waals surface area contributed by atoms with E-state index in [1.165, 1.54) is 0 Å². The lowest BCUT2D eigenvalue weighted by Gasteiger charge is -2.36. The average Bonchev–Trinajstić information content (AvgIpc) is 2.90. The molecule has 1 aliphatic heterocycles. The fourth-order valence-electron chi connectivity index (χ4n) is 3.21. The van der Waals surface area contributed by atoms with E-state index in [9.17, 15) is 0 Å². The molecule has 0 aliphatic carbocycles. The molecule has 1 N–H and O–H groups in total. The molecule has 0 radical (unpaired) electrons. The number of rotatable bonds is 1. The maximum atomic E-state index is 4.46. The van der Waals surface area contributed by atoms with Crippen molar-refractivity contribution in [3.05, 3.63) is 28.9 Å². The van der Waals surface area contributed by atoms with Crippen molar-refractivity contribution in [1.82, 2.24) is 24.9 Å².